The second-order valence-corrected chi connectivity index (χ2v) is 6.83. The number of hydrogen-bond acceptors (Lipinski definition) is 4. The summed E-state index contributed by atoms with van der Waals surface area (Å²) in [6.07, 6.45) is 0.897. The van der Waals surface area contributed by atoms with Crippen LogP contribution < -0.4 is 9.47 Å². The molecule has 0 unspecified atom stereocenters. The van der Waals surface area contributed by atoms with Crippen molar-refractivity contribution in [3.8, 4) is 22.8 Å². The van der Waals surface area contributed by atoms with Gasteiger partial charge in [0.05, 0.1) is 23.6 Å². The Hall–Kier alpha value is -3.34. The van der Waals surface area contributed by atoms with Crippen molar-refractivity contribution in [2.24, 2.45) is 0 Å². The smallest absolute Gasteiger partial charge is 0.337 e. The zero-order valence-electron chi connectivity index (χ0n) is 16.9. The molecule has 0 aliphatic rings. The number of rotatable bonds is 8. The Kier molecular flexibility index (Phi) is 6.50. The van der Waals surface area contributed by atoms with Crippen LogP contribution in [0.1, 0.15) is 40.5 Å². The summed E-state index contributed by atoms with van der Waals surface area (Å²) in [7, 11) is 0. The average Bonchev–Trinajstić information content (AvgIpc) is 2.73. The van der Waals surface area contributed by atoms with Gasteiger partial charge >= 0.3 is 5.97 Å². The Morgan fingerprint density at radius 3 is 2.48 bits per heavy atom. The topological polar surface area (TPSA) is 68.7 Å². The van der Waals surface area contributed by atoms with Gasteiger partial charge in [0.25, 0.3) is 0 Å². The molecule has 0 bridgehead atoms. The molecule has 0 atom stereocenters. The molecule has 0 saturated heterocycles. The lowest BCUT2D eigenvalue weighted by Gasteiger charge is -2.14. The molecule has 1 N–H and O–H groups in total. The fraction of sp³-hybridized carbons (Fsp3) is 0.250. The maximum Gasteiger partial charge on any atom is 0.337 e. The third-order valence-corrected chi connectivity index (χ3v) is 4.75. The zero-order chi connectivity index (χ0) is 20.8. The first kappa shape index (κ1) is 20.4. The lowest BCUT2D eigenvalue weighted by molar-refractivity contribution is 0.0693. The number of carboxylic acids is 1. The first-order valence-corrected chi connectivity index (χ1v) is 9.65. The van der Waals surface area contributed by atoms with Crippen LogP contribution in [-0.4, -0.2) is 22.7 Å². The van der Waals surface area contributed by atoms with Crippen molar-refractivity contribution >= 4 is 5.97 Å². The molecule has 5 heteroatoms. The number of carbonyl (C=O) groups is 1. The van der Waals surface area contributed by atoms with E-state index in [1.165, 1.54) is 0 Å². The molecule has 0 amide bonds. The summed E-state index contributed by atoms with van der Waals surface area (Å²) in [5.74, 6) is 0.422. The van der Waals surface area contributed by atoms with Gasteiger partial charge in [-0.2, -0.15) is 0 Å². The van der Waals surface area contributed by atoms with Crippen molar-refractivity contribution in [3.63, 3.8) is 0 Å². The van der Waals surface area contributed by atoms with E-state index in [1.807, 2.05) is 63.2 Å². The maximum absolute atomic E-state index is 11.7. The SMILES string of the molecule is CCCOc1ccccc1-c1ccc(C(=O)O)c(COc2cccc(C)c2C)n1. The van der Waals surface area contributed by atoms with E-state index in [4.69, 9.17) is 9.47 Å². The summed E-state index contributed by atoms with van der Waals surface area (Å²) >= 11 is 0. The molecule has 3 aromatic rings. The van der Waals surface area contributed by atoms with Crippen LogP contribution in [0.15, 0.2) is 54.6 Å². The van der Waals surface area contributed by atoms with Crippen LogP contribution >= 0.6 is 0 Å². The maximum atomic E-state index is 11.7. The Morgan fingerprint density at radius 2 is 1.72 bits per heavy atom. The van der Waals surface area contributed by atoms with Gasteiger partial charge in [0.1, 0.15) is 18.1 Å². The van der Waals surface area contributed by atoms with Crippen molar-refractivity contribution in [3.05, 3.63) is 77.0 Å². The summed E-state index contributed by atoms with van der Waals surface area (Å²) in [5, 5.41) is 9.57. The number of ether oxygens (including phenoxy) is 2. The van der Waals surface area contributed by atoms with Gasteiger partial charge < -0.3 is 14.6 Å². The quantitative estimate of drug-likeness (QED) is 0.554. The van der Waals surface area contributed by atoms with Crippen LogP contribution in [0.5, 0.6) is 11.5 Å². The number of hydrogen-bond donors (Lipinski definition) is 1. The van der Waals surface area contributed by atoms with Crippen LogP contribution in [-0.2, 0) is 6.61 Å². The number of nitrogens with zero attached hydrogens (tertiary/aromatic N) is 1. The highest BCUT2D eigenvalue weighted by Gasteiger charge is 2.16. The third-order valence-electron chi connectivity index (χ3n) is 4.75. The Bertz CT molecular complexity index is 1010. The summed E-state index contributed by atoms with van der Waals surface area (Å²) in [4.78, 5) is 16.3. The van der Waals surface area contributed by atoms with Gasteiger partial charge in [0, 0.05) is 5.56 Å². The molecule has 1 heterocycles. The van der Waals surface area contributed by atoms with Crippen LogP contribution in [0.4, 0.5) is 0 Å². The van der Waals surface area contributed by atoms with Gasteiger partial charge in [-0.1, -0.05) is 31.2 Å². The van der Waals surface area contributed by atoms with Crippen molar-refractivity contribution in [2.75, 3.05) is 6.61 Å². The van der Waals surface area contributed by atoms with Crippen LogP contribution in [0.25, 0.3) is 11.3 Å². The molecular weight excluding hydrogens is 366 g/mol. The van der Waals surface area contributed by atoms with E-state index < -0.39 is 5.97 Å². The minimum Gasteiger partial charge on any atom is -0.493 e. The third kappa shape index (κ3) is 4.74. The van der Waals surface area contributed by atoms with E-state index in [9.17, 15) is 9.90 Å². The number of benzene rings is 2. The standard InChI is InChI=1S/C24H25NO4/c1-4-14-28-23-10-6-5-9-18(23)20-13-12-19(24(26)27)21(25-20)15-29-22-11-7-8-16(2)17(22)3/h5-13H,4,14-15H2,1-3H3,(H,26,27). The lowest BCUT2D eigenvalue weighted by atomic mass is 10.1. The second kappa shape index (κ2) is 9.24. The zero-order valence-corrected chi connectivity index (χ0v) is 16.9. The molecule has 1 aromatic heterocycles. The average molecular weight is 391 g/mol. The molecule has 0 fully saturated rings. The van der Waals surface area contributed by atoms with Crippen molar-refractivity contribution in [1.29, 1.82) is 0 Å². The Labute approximate surface area is 171 Å². The molecule has 0 saturated carbocycles. The molecule has 29 heavy (non-hydrogen) atoms. The molecule has 0 aliphatic heterocycles. The Morgan fingerprint density at radius 1 is 0.966 bits per heavy atom. The van der Waals surface area contributed by atoms with E-state index in [-0.39, 0.29) is 12.2 Å². The van der Waals surface area contributed by atoms with Gasteiger partial charge in [0.2, 0.25) is 0 Å². The highest BCUT2D eigenvalue weighted by molar-refractivity contribution is 5.89. The van der Waals surface area contributed by atoms with Crippen LogP contribution in [0.3, 0.4) is 0 Å². The molecule has 3 rings (SSSR count). The predicted molar refractivity (Wildman–Crippen MR) is 113 cm³/mol. The van der Waals surface area contributed by atoms with Gasteiger partial charge in [-0.3, -0.25) is 0 Å². The number of aromatic carboxylic acids is 1. The highest BCUT2D eigenvalue weighted by atomic mass is 16.5. The fourth-order valence-electron chi connectivity index (χ4n) is 3.00. The number of pyridine rings is 1. The van der Waals surface area contributed by atoms with E-state index in [1.54, 1.807) is 12.1 Å². The summed E-state index contributed by atoms with van der Waals surface area (Å²) in [6.45, 7) is 6.71. The first-order valence-electron chi connectivity index (χ1n) is 9.65. The number of para-hydroxylation sites is 1. The van der Waals surface area contributed by atoms with Crippen molar-refractivity contribution < 1.29 is 19.4 Å². The molecule has 0 aliphatic carbocycles. The van der Waals surface area contributed by atoms with Crippen molar-refractivity contribution in [1.82, 2.24) is 4.98 Å². The van der Waals surface area contributed by atoms with E-state index >= 15 is 0 Å². The summed E-state index contributed by atoms with van der Waals surface area (Å²) in [5.41, 5.74) is 4.13. The molecule has 150 valence electrons. The van der Waals surface area contributed by atoms with Gasteiger partial charge in [-0.25, -0.2) is 9.78 Å². The molecule has 0 radical (unpaired) electrons. The van der Waals surface area contributed by atoms with Gasteiger partial charge in [0.15, 0.2) is 0 Å². The molecular formula is C24H25NO4. The Balaban J connectivity index is 1.95. The fourth-order valence-corrected chi connectivity index (χ4v) is 3.00. The lowest BCUT2D eigenvalue weighted by Crippen LogP contribution is -2.09. The van der Waals surface area contributed by atoms with Crippen LogP contribution in [0.2, 0.25) is 0 Å². The van der Waals surface area contributed by atoms with Crippen molar-refractivity contribution in [2.45, 2.75) is 33.8 Å². The highest BCUT2D eigenvalue weighted by Crippen LogP contribution is 2.30. The summed E-state index contributed by atoms with van der Waals surface area (Å²) < 4.78 is 11.8. The predicted octanol–water partition coefficient (Wildman–Crippen LogP) is 5.43. The van der Waals surface area contributed by atoms with E-state index in [0.717, 1.165) is 34.6 Å². The number of aromatic nitrogens is 1. The summed E-state index contributed by atoms with van der Waals surface area (Å²) in [6, 6.07) is 16.7. The largest absolute Gasteiger partial charge is 0.493 e. The van der Waals surface area contributed by atoms with Crippen LogP contribution in [0, 0.1) is 13.8 Å². The minimum atomic E-state index is -1.03. The second-order valence-electron chi connectivity index (χ2n) is 6.83. The minimum absolute atomic E-state index is 0.0672. The van der Waals surface area contributed by atoms with Gasteiger partial charge in [-0.05, 0) is 61.7 Å². The van der Waals surface area contributed by atoms with E-state index in [0.29, 0.717) is 18.0 Å². The first-order chi connectivity index (χ1) is 14.0. The number of carboxylic acid groups (broad SMARTS) is 1. The van der Waals surface area contributed by atoms with Gasteiger partial charge in [-0.15, -0.1) is 0 Å². The molecule has 5 nitrogen and oxygen atoms in total. The number of aryl methyl sites for hydroxylation is 1. The molecule has 2 aromatic carbocycles. The molecule has 0 spiro atoms. The normalized spacial score (nSPS) is 10.6. The van der Waals surface area contributed by atoms with E-state index in [2.05, 4.69) is 4.98 Å². The monoisotopic (exact) mass is 391 g/mol.